The molecule has 0 radical (unpaired) electrons. The zero-order chi connectivity index (χ0) is 15.0. The van der Waals surface area contributed by atoms with E-state index in [0.717, 1.165) is 11.1 Å². The quantitative estimate of drug-likeness (QED) is 0.660. The summed E-state index contributed by atoms with van der Waals surface area (Å²) in [6, 6.07) is 2.34. The van der Waals surface area contributed by atoms with Crippen molar-refractivity contribution in [2.75, 3.05) is 0 Å². The minimum absolute atomic E-state index is 0.123. The number of imidazole rings is 1. The molecule has 0 bridgehead atoms. The smallest absolute Gasteiger partial charge is 0.184 e. The number of nitrogens with zero attached hydrogens (tertiary/aromatic N) is 3. The monoisotopic (exact) mass is 327 g/mol. The van der Waals surface area contributed by atoms with Crippen LogP contribution in [-0.4, -0.2) is 14.5 Å². The van der Waals surface area contributed by atoms with Gasteiger partial charge in [0, 0.05) is 11.6 Å². The molecule has 0 saturated carbocycles. The van der Waals surface area contributed by atoms with Gasteiger partial charge in [0.2, 0.25) is 0 Å². The van der Waals surface area contributed by atoms with Gasteiger partial charge in [-0.25, -0.2) is 18.7 Å². The number of fused-ring (bicyclic) bond motifs is 1. The van der Waals surface area contributed by atoms with Gasteiger partial charge in [0.1, 0.15) is 16.3 Å². The lowest BCUT2D eigenvalue weighted by Crippen LogP contribution is -2.13. The highest BCUT2D eigenvalue weighted by Gasteiger charge is 2.24. The molecular weight excluding hydrogens is 316 g/mol. The van der Waals surface area contributed by atoms with E-state index >= 15 is 0 Å². The zero-order valence-corrected chi connectivity index (χ0v) is 12.8. The van der Waals surface area contributed by atoms with E-state index in [-0.39, 0.29) is 17.4 Å². The molecule has 0 aliphatic rings. The molecule has 0 aliphatic heterocycles. The van der Waals surface area contributed by atoms with E-state index in [2.05, 4.69) is 9.97 Å². The van der Waals surface area contributed by atoms with Gasteiger partial charge in [-0.15, -0.1) is 22.9 Å². The van der Waals surface area contributed by atoms with Crippen molar-refractivity contribution >= 4 is 34.0 Å². The highest BCUT2D eigenvalue weighted by molar-refractivity contribution is 7.09. The molecule has 0 spiro atoms. The van der Waals surface area contributed by atoms with Crippen LogP contribution in [0.3, 0.4) is 0 Å². The number of rotatable bonds is 4. The lowest BCUT2D eigenvalue weighted by Gasteiger charge is -2.18. The van der Waals surface area contributed by atoms with Crippen LogP contribution >= 0.6 is 22.9 Å². The standard InChI is InChI=1S/C14H12ClF2N3S/c1-2-10(14-18-5-6-21-14)20-11(7-15)19-9-4-3-8(16)12(17)13(9)20/h3-6,10H,2,7H2,1H3. The van der Waals surface area contributed by atoms with Crippen LogP contribution in [0.25, 0.3) is 11.0 Å². The van der Waals surface area contributed by atoms with Gasteiger partial charge in [0.25, 0.3) is 0 Å². The average molecular weight is 328 g/mol. The van der Waals surface area contributed by atoms with Crippen molar-refractivity contribution in [3.8, 4) is 0 Å². The Morgan fingerprint density at radius 3 is 2.81 bits per heavy atom. The Balaban J connectivity index is 2.31. The first-order chi connectivity index (χ1) is 10.2. The van der Waals surface area contributed by atoms with E-state index in [1.165, 1.54) is 17.4 Å². The van der Waals surface area contributed by atoms with E-state index in [1.54, 1.807) is 10.8 Å². The molecule has 0 aliphatic carbocycles. The fourth-order valence-corrected chi connectivity index (χ4v) is 3.47. The largest absolute Gasteiger partial charge is 0.314 e. The molecule has 7 heteroatoms. The van der Waals surface area contributed by atoms with Gasteiger partial charge in [0.05, 0.1) is 17.4 Å². The van der Waals surface area contributed by atoms with Crippen molar-refractivity contribution in [1.82, 2.24) is 14.5 Å². The first-order valence-corrected chi connectivity index (χ1v) is 7.89. The van der Waals surface area contributed by atoms with Crippen LogP contribution in [0.2, 0.25) is 0 Å². The number of hydrogen-bond donors (Lipinski definition) is 0. The normalized spacial score (nSPS) is 13.0. The molecule has 3 rings (SSSR count). The molecule has 2 heterocycles. The van der Waals surface area contributed by atoms with Crippen molar-refractivity contribution < 1.29 is 8.78 Å². The molecule has 21 heavy (non-hydrogen) atoms. The summed E-state index contributed by atoms with van der Waals surface area (Å²) in [5.74, 6) is -1.15. The molecule has 0 saturated heterocycles. The Labute approximate surface area is 129 Å². The third-order valence-electron chi connectivity index (χ3n) is 3.37. The van der Waals surface area contributed by atoms with Crippen molar-refractivity contribution in [2.45, 2.75) is 25.3 Å². The van der Waals surface area contributed by atoms with Crippen LogP contribution in [0.1, 0.15) is 30.2 Å². The maximum Gasteiger partial charge on any atom is 0.184 e. The van der Waals surface area contributed by atoms with Crippen molar-refractivity contribution in [3.63, 3.8) is 0 Å². The summed E-state index contributed by atoms with van der Waals surface area (Å²) < 4.78 is 29.5. The van der Waals surface area contributed by atoms with Crippen molar-refractivity contribution in [1.29, 1.82) is 0 Å². The van der Waals surface area contributed by atoms with Crippen molar-refractivity contribution in [2.24, 2.45) is 0 Å². The Morgan fingerprint density at radius 1 is 1.38 bits per heavy atom. The molecule has 1 atom stereocenters. The van der Waals surface area contributed by atoms with Crippen LogP contribution in [0.5, 0.6) is 0 Å². The summed E-state index contributed by atoms with van der Waals surface area (Å²) in [6.07, 6.45) is 2.37. The summed E-state index contributed by atoms with van der Waals surface area (Å²) in [4.78, 5) is 8.60. The second-order valence-electron chi connectivity index (χ2n) is 4.56. The molecule has 1 aromatic carbocycles. The maximum absolute atomic E-state index is 14.3. The summed E-state index contributed by atoms with van der Waals surface area (Å²) in [5, 5.41) is 2.68. The highest BCUT2D eigenvalue weighted by atomic mass is 35.5. The summed E-state index contributed by atoms with van der Waals surface area (Å²) >= 11 is 7.41. The predicted octanol–water partition coefficient (Wildman–Crippen LogP) is 4.51. The van der Waals surface area contributed by atoms with Gasteiger partial charge in [-0.3, -0.25) is 0 Å². The SMILES string of the molecule is CCC(c1nccs1)n1c(CCl)nc2ccc(F)c(F)c21. The molecular formula is C14H12ClF2N3S. The fraction of sp³-hybridized carbons (Fsp3) is 0.286. The summed E-state index contributed by atoms with van der Waals surface area (Å²) in [7, 11) is 0. The van der Waals surface area contributed by atoms with Crippen LogP contribution in [0.4, 0.5) is 8.78 Å². The first kappa shape index (κ1) is 14.4. The molecule has 0 N–H and O–H groups in total. The minimum atomic E-state index is -0.897. The Bertz CT molecular complexity index is 770. The van der Waals surface area contributed by atoms with E-state index in [9.17, 15) is 8.78 Å². The molecule has 1 unspecified atom stereocenters. The lowest BCUT2D eigenvalue weighted by molar-refractivity contribution is 0.500. The van der Waals surface area contributed by atoms with Crippen LogP contribution < -0.4 is 0 Å². The number of hydrogen-bond acceptors (Lipinski definition) is 3. The summed E-state index contributed by atoms with van der Waals surface area (Å²) in [6.45, 7) is 1.97. The third-order valence-corrected chi connectivity index (χ3v) is 4.49. The van der Waals surface area contributed by atoms with Gasteiger partial charge in [-0.2, -0.15) is 0 Å². The average Bonchev–Trinajstić information content (AvgIpc) is 3.12. The van der Waals surface area contributed by atoms with Crippen LogP contribution in [0, 0.1) is 11.6 Å². The number of alkyl halides is 1. The van der Waals surface area contributed by atoms with Gasteiger partial charge >= 0.3 is 0 Å². The van der Waals surface area contributed by atoms with E-state index in [0.29, 0.717) is 17.8 Å². The second-order valence-corrected chi connectivity index (χ2v) is 5.75. The first-order valence-electron chi connectivity index (χ1n) is 6.47. The van der Waals surface area contributed by atoms with Crippen molar-refractivity contribution in [3.05, 3.63) is 46.2 Å². The van der Waals surface area contributed by atoms with Crippen LogP contribution in [-0.2, 0) is 5.88 Å². The number of thiazole rings is 1. The zero-order valence-electron chi connectivity index (χ0n) is 11.2. The van der Waals surface area contributed by atoms with E-state index in [1.807, 2.05) is 12.3 Å². The van der Waals surface area contributed by atoms with Gasteiger partial charge in [-0.05, 0) is 18.6 Å². The summed E-state index contributed by atoms with van der Waals surface area (Å²) in [5.41, 5.74) is 0.548. The lowest BCUT2D eigenvalue weighted by atomic mass is 10.2. The Morgan fingerprint density at radius 2 is 2.19 bits per heavy atom. The van der Waals surface area contributed by atoms with Crippen LogP contribution in [0.15, 0.2) is 23.7 Å². The minimum Gasteiger partial charge on any atom is -0.314 e. The Hall–Kier alpha value is -1.53. The van der Waals surface area contributed by atoms with Gasteiger partial charge < -0.3 is 4.57 Å². The highest BCUT2D eigenvalue weighted by Crippen LogP contribution is 2.32. The molecule has 110 valence electrons. The number of halogens is 3. The molecule has 3 aromatic rings. The number of aromatic nitrogens is 3. The molecule has 3 nitrogen and oxygen atoms in total. The third kappa shape index (κ3) is 2.32. The fourth-order valence-electron chi connectivity index (χ4n) is 2.47. The molecule has 0 fully saturated rings. The predicted molar refractivity (Wildman–Crippen MR) is 79.8 cm³/mol. The van der Waals surface area contributed by atoms with Gasteiger partial charge in [0.15, 0.2) is 11.6 Å². The number of benzene rings is 1. The van der Waals surface area contributed by atoms with Gasteiger partial charge in [-0.1, -0.05) is 6.92 Å². The molecule has 0 amide bonds. The topological polar surface area (TPSA) is 30.7 Å². The maximum atomic E-state index is 14.3. The second kappa shape index (κ2) is 5.69. The molecule has 2 aromatic heterocycles. The van der Waals surface area contributed by atoms with E-state index in [4.69, 9.17) is 11.6 Å². The van der Waals surface area contributed by atoms with E-state index < -0.39 is 11.6 Å². The Kier molecular flexibility index (Phi) is 3.91.